The van der Waals surface area contributed by atoms with Gasteiger partial charge in [0.05, 0.1) is 18.6 Å². The summed E-state index contributed by atoms with van der Waals surface area (Å²) in [7, 11) is 0. The van der Waals surface area contributed by atoms with Gasteiger partial charge in [0, 0.05) is 13.0 Å². The van der Waals surface area contributed by atoms with Gasteiger partial charge in [-0.3, -0.25) is 19.4 Å². The highest BCUT2D eigenvalue weighted by Gasteiger charge is 2.17. The molecule has 0 fully saturated rings. The Balaban J connectivity index is 4.08. The van der Waals surface area contributed by atoms with E-state index in [4.69, 9.17) is 22.3 Å². The second-order valence-electron chi connectivity index (χ2n) is 5.02. The van der Waals surface area contributed by atoms with Crippen molar-refractivity contribution in [2.24, 2.45) is 22.2 Å². The molecule has 11 nitrogen and oxygen atoms in total. The molecule has 0 radical (unpaired) electrons. The van der Waals surface area contributed by atoms with Crippen LogP contribution in [0.5, 0.6) is 0 Å². The van der Waals surface area contributed by atoms with Gasteiger partial charge in [0.2, 0.25) is 11.8 Å². The molecule has 136 valence electrons. The van der Waals surface area contributed by atoms with Gasteiger partial charge in [-0.15, -0.1) is 0 Å². The first-order chi connectivity index (χ1) is 11.3. The summed E-state index contributed by atoms with van der Waals surface area (Å²) in [5, 5.41) is 13.2. The van der Waals surface area contributed by atoms with Crippen molar-refractivity contribution >= 4 is 30.0 Å². The first kappa shape index (κ1) is 21.3. The number of aliphatic carboxylic acids is 1. The number of aliphatic imine (C=N–C) groups is 1. The summed E-state index contributed by atoms with van der Waals surface area (Å²) in [5.74, 6) is -2.32. The van der Waals surface area contributed by atoms with Crippen molar-refractivity contribution in [1.29, 1.82) is 0 Å². The van der Waals surface area contributed by atoms with Crippen LogP contribution in [0.15, 0.2) is 4.99 Å². The van der Waals surface area contributed by atoms with E-state index in [2.05, 4.69) is 15.6 Å². The first-order valence-electron chi connectivity index (χ1n) is 7.31. The lowest BCUT2D eigenvalue weighted by Gasteiger charge is -2.14. The number of guanidine groups is 1. The minimum Gasteiger partial charge on any atom is -0.481 e. The molecule has 11 heteroatoms. The van der Waals surface area contributed by atoms with Crippen LogP contribution in [0.4, 0.5) is 0 Å². The lowest BCUT2D eigenvalue weighted by Crippen LogP contribution is -2.47. The molecule has 2 atom stereocenters. The van der Waals surface area contributed by atoms with Crippen LogP contribution >= 0.6 is 0 Å². The van der Waals surface area contributed by atoms with E-state index in [0.29, 0.717) is 25.7 Å². The Labute approximate surface area is 139 Å². The zero-order chi connectivity index (χ0) is 18.5. The van der Waals surface area contributed by atoms with Crippen LogP contribution in [-0.2, 0) is 19.2 Å². The van der Waals surface area contributed by atoms with Crippen molar-refractivity contribution in [3.05, 3.63) is 0 Å². The normalized spacial score (nSPS) is 12.5. The van der Waals surface area contributed by atoms with Gasteiger partial charge in [0.1, 0.15) is 6.29 Å². The second kappa shape index (κ2) is 11.8. The second-order valence-corrected chi connectivity index (χ2v) is 5.02. The third-order valence-corrected chi connectivity index (χ3v) is 2.91. The fourth-order valence-corrected chi connectivity index (χ4v) is 1.66. The number of rotatable bonds is 12. The number of hydrogen-bond donors (Lipinski definition) is 6. The van der Waals surface area contributed by atoms with Crippen LogP contribution in [0.2, 0.25) is 0 Å². The number of carboxylic acid groups (broad SMARTS) is 1. The summed E-state index contributed by atoms with van der Waals surface area (Å²) in [5.41, 5.74) is 15.8. The Bertz CT molecular complexity index is 477. The molecule has 0 aliphatic carbocycles. The zero-order valence-corrected chi connectivity index (χ0v) is 13.2. The number of nitrogens with two attached hydrogens (primary N) is 3. The maximum atomic E-state index is 11.7. The Hall–Kier alpha value is -2.69. The van der Waals surface area contributed by atoms with Crippen LogP contribution in [-0.4, -0.2) is 60.3 Å². The van der Waals surface area contributed by atoms with Gasteiger partial charge in [-0.25, -0.2) is 0 Å². The third kappa shape index (κ3) is 11.0. The summed E-state index contributed by atoms with van der Waals surface area (Å²) in [4.78, 5) is 48.3. The first-order valence-corrected chi connectivity index (χ1v) is 7.31. The average Bonchev–Trinajstić information content (AvgIpc) is 2.52. The number of carbonyl (C=O) groups excluding carboxylic acids is 3. The summed E-state index contributed by atoms with van der Waals surface area (Å²) in [6.07, 6.45) is 1.13. The predicted octanol–water partition coefficient (Wildman–Crippen LogP) is -2.97. The highest BCUT2D eigenvalue weighted by atomic mass is 16.4. The number of amides is 2. The Morgan fingerprint density at radius 3 is 2.42 bits per heavy atom. The lowest BCUT2D eigenvalue weighted by atomic mass is 10.1. The molecule has 0 saturated carbocycles. The standard InChI is InChI=1S/C13H24N6O5/c14-9(3-4-11(22)23)12(24)18-6-10(21)19-8(7-20)2-1-5-17-13(15)16/h7-9H,1-6,14H2,(H,18,24)(H,19,21)(H,22,23)(H4,15,16,17)/t8-,9-/m0/s1. The topological polar surface area (TPSA) is 203 Å². The van der Waals surface area contributed by atoms with Gasteiger partial charge in [-0.2, -0.15) is 0 Å². The average molecular weight is 344 g/mol. The highest BCUT2D eigenvalue weighted by molar-refractivity contribution is 5.88. The molecular weight excluding hydrogens is 320 g/mol. The lowest BCUT2D eigenvalue weighted by molar-refractivity contribution is -0.137. The van der Waals surface area contributed by atoms with Crippen LogP contribution in [0, 0.1) is 0 Å². The maximum Gasteiger partial charge on any atom is 0.303 e. The van der Waals surface area contributed by atoms with E-state index in [-0.39, 0.29) is 25.3 Å². The molecule has 0 unspecified atom stereocenters. The number of carboxylic acids is 1. The summed E-state index contributed by atoms with van der Waals surface area (Å²) in [6, 6.07) is -1.74. The van der Waals surface area contributed by atoms with Gasteiger partial charge in [-0.1, -0.05) is 0 Å². The summed E-state index contributed by atoms with van der Waals surface area (Å²) < 4.78 is 0. The smallest absolute Gasteiger partial charge is 0.303 e. The van der Waals surface area contributed by atoms with Gasteiger partial charge < -0.3 is 37.7 Å². The molecule has 0 bridgehead atoms. The summed E-state index contributed by atoms with van der Waals surface area (Å²) >= 11 is 0. The summed E-state index contributed by atoms with van der Waals surface area (Å²) in [6.45, 7) is -0.0322. The minimum atomic E-state index is -1.06. The number of nitrogens with zero attached hydrogens (tertiary/aromatic N) is 1. The number of hydrogen-bond acceptors (Lipinski definition) is 6. The monoisotopic (exact) mass is 344 g/mol. The van der Waals surface area contributed by atoms with Gasteiger partial charge in [0.25, 0.3) is 0 Å². The molecule has 0 spiro atoms. The van der Waals surface area contributed by atoms with E-state index in [1.54, 1.807) is 0 Å². The van der Waals surface area contributed by atoms with Gasteiger partial charge in [-0.05, 0) is 19.3 Å². The molecule has 24 heavy (non-hydrogen) atoms. The molecule has 2 amide bonds. The predicted molar refractivity (Wildman–Crippen MR) is 85.8 cm³/mol. The Morgan fingerprint density at radius 1 is 1.21 bits per heavy atom. The van der Waals surface area contributed by atoms with Crippen molar-refractivity contribution in [3.63, 3.8) is 0 Å². The Kier molecular flexibility index (Phi) is 10.5. The van der Waals surface area contributed by atoms with E-state index >= 15 is 0 Å². The zero-order valence-electron chi connectivity index (χ0n) is 13.2. The number of nitrogens with one attached hydrogen (secondary N) is 2. The van der Waals surface area contributed by atoms with E-state index in [1.807, 2.05) is 0 Å². The molecule has 0 aromatic rings. The van der Waals surface area contributed by atoms with Crippen molar-refractivity contribution < 1.29 is 24.3 Å². The van der Waals surface area contributed by atoms with Gasteiger partial charge >= 0.3 is 5.97 Å². The number of carbonyl (C=O) groups is 4. The molecule has 0 rings (SSSR count). The molecule has 9 N–H and O–H groups in total. The van der Waals surface area contributed by atoms with Gasteiger partial charge in [0.15, 0.2) is 5.96 Å². The molecule has 0 aromatic carbocycles. The van der Waals surface area contributed by atoms with Crippen LogP contribution in [0.3, 0.4) is 0 Å². The molecule has 0 heterocycles. The fraction of sp³-hybridized carbons (Fsp3) is 0.615. The third-order valence-electron chi connectivity index (χ3n) is 2.91. The fourth-order valence-electron chi connectivity index (χ4n) is 1.66. The number of aldehydes is 1. The molecule has 0 aliphatic rings. The maximum absolute atomic E-state index is 11.7. The van der Waals surface area contributed by atoms with Crippen molar-refractivity contribution in [2.45, 2.75) is 37.8 Å². The minimum absolute atomic E-state index is 0.0372. The quantitative estimate of drug-likeness (QED) is 0.0931. The molecule has 0 aliphatic heterocycles. The Morgan fingerprint density at radius 2 is 1.88 bits per heavy atom. The van der Waals surface area contributed by atoms with E-state index in [0.717, 1.165) is 0 Å². The van der Waals surface area contributed by atoms with Crippen molar-refractivity contribution in [2.75, 3.05) is 13.1 Å². The van der Waals surface area contributed by atoms with E-state index in [9.17, 15) is 19.2 Å². The van der Waals surface area contributed by atoms with Crippen LogP contribution < -0.4 is 27.8 Å². The van der Waals surface area contributed by atoms with Crippen molar-refractivity contribution in [3.8, 4) is 0 Å². The molecular formula is C13H24N6O5. The highest BCUT2D eigenvalue weighted by Crippen LogP contribution is 1.96. The van der Waals surface area contributed by atoms with E-state index < -0.39 is 29.9 Å². The molecule has 0 saturated heterocycles. The SMILES string of the molecule is NC(N)=NCCC[C@@H](C=O)NC(=O)CNC(=O)[C@@H](N)CCC(=O)O. The largest absolute Gasteiger partial charge is 0.481 e. The molecule has 0 aromatic heterocycles. The van der Waals surface area contributed by atoms with Crippen LogP contribution in [0.25, 0.3) is 0 Å². The van der Waals surface area contributed by atoms with Crippen molar-refractivity contribution in [1.82, 2.24) is 10.6 Å². The van der Waals surface area contributed by atoms with E-state index in [1.165, 1.54) is 0 Å². The van der Waals surface area contributed by atoms with Crippen LogP contribution in [0.1, 0.15) is 25.7 Å².